The highest BCUT2D eigenvalue weighted by molar-refractivity contribution is 5.73. The molecule has 4 heteroatoms. The lowest BCUT2D eigenvalue weighted by molar-refractivity contribution is 0.506. The van der Waals surface area contributed by atoms with Crippen molar-refractivity contribution in [3.8, 4) is 0 Å². The van der Waals surface area contributed by atoms with E-state index in [9.17, 15) is 4.79 Å². The fourth-order valence-electron chi connectivity index (χ4n) is 1.21. The first-order chi connectivity index (χ1) is 6.66. The second kappa shape index (κ2) is 3.16. The molecule has 0 aromatic carbocycles. The lowest BCUT2D eigenvalue weighted by Gasteiger charge is -2.02. The minimum atomic E-state index is -0.484. The molecule has 14 heavy (non-hydrogen) atoms. The molecule has 0 aliphatic carbocycles. The van der Waals surface area contributed by atoms with Crippen LogP contribution in [0.4, 0.5) is 5.82 Å². The average molecular weight is 190 g/mol. The molecule has 0 radical (unpaired) electrons. The first-order valence-corrected chi connectivity index (χ1v) is 4.41. The number of aliphatic imine (C=N–C) groups is 1. The minimum absolute atomic E-state index is 0.351. The lowest BCUT2D eigenvalue weighted by Crippen LogP contribution is -1.93. The normalized spacial score (nSPS) is 14.1. The highest BCUT2D eigenvalue weighted by Gasteiger charge is 2.10. The summed E-state index contributed by atoms with van der Waals surface area (Å²) < 4.78 is 4.93. The number of hydrogen-bond donors (Lipinski definition) is 1. The van der Waals surface area contributed by atoms with Gasteiger partial charge < -0.3 is 4.42 Å². The molecule has 1 N–H and O–H groups in total. The van der Waals surface area contributed by atoms with E-state index in [-0.39, 0.29) is 0 Å². The summed E-state index contributed by atoms with van der Waals surface area (Å²) in [4.78, 5) is 17.3. The number of hydrogen-bond acceptors (Lipinski definition) is 3. The van der Waals surface area contributed by atoms with Gasteiger partial charge >= 0.3 is 5.76 Å². The van der Waals surface area contributed by atoms with Gasteiger partial charge in [-0.15, -0.1) is 0 Å². The van der Waals surface area contributed by atoms with Crippen LogP contribution in [-0.4, -0.2) is 10.9 Å². The highest BCUT2D eigenvalue weighted by atomic mass is 16.4. The SMILES string of the molecule is CC(C)C1=Cc2oc(=O)[nH]c2N=C=C1. The van der Waals surface area contributed by atoms with Crippen molar-refractivity contribution in [1.29, 1.82) is 0 Å². The van der Waals surface area contributed by atoms with E-state index >= 15 is 0 Å². The smallest absolute Gasteiger partial charge is 0.406 e. The van der Waals surface area contributed by atoms with Crippen LogP contribution in [0.15, 0.2) is 25.9 Å². The van der Waals surface area contributed by atoms with Crippen LogP contribution < -0.4 is 5.76 Å². The van der Waals surface area contributed by atoms with E-state index < -0.39 is 5.76 Å². The summed E-state index contributed by atoms with van der Waals surface area (Å²) in [6, 6.07) is 0. The van der Waals surface area contributed by atoms with Crippen molar-refractivity contribution >= 4 is 17.8 Å². The van der Waals surface area contributed by atoms with Crippen LogP contribution in [0.25, 0.3) is 6.08 Å². The zero-order valence-electron chi connectivity index (χ0n) is 8.00. The van der Waals surface area contributed by atoms with Crippen molar-refractivity contribution < 1.29 is 4.42 Å². The molecule has 0 unspecified atom stereocenters. The van der Waals surface area contributed by atoms with Gasteiger partial charge in [0.25, 0.3) is 0 Å². The summed E-state index contributed by atoms with van der Waals surface area (Å²) in [6.45, 7) is 4.11. The molecule has 0 bridgehead atoms. The fraction of sp³-hybridized carbons (Fsp3) is 0.300. The van der Waals surface area contributed by atoms with Crippen molar-refractivity contribution in [1.82, 2.24) is 4.98 Å². The molecule has 0 saturated heterocycles. The summed E-state index contributed by atoms with van der Waals surface area (Å²) in [5.41, 5.74) is 1.04. The predicted molar refractivity (Wildman–Crippen MR) is 53.8 cm³/mol. The third-order valence-electron chi connectivity index (χ3n) is 2.03. The summed E-state index contributed by atoms with van der Waals surface area (Å²) in [7, 11) is 0. The molecule has 0 atom stereocenters. The Labute approximate surface area is 80.7 Å². The fourth-order valence-corrected chi connectivity index (χ4v) is 1.21. The van der Waals surface area contributed by atoms with Gasteiger partial charge in [0, 0.05) is 6.08 Å². The van der Waals surface area contributed by atoms with Crippen LogP contribution in [0.2, 0.25) is 0 Å². The maximum absolute atomic E-state index is 10.9. The molecule has 72 valence electrons. The predicted octanol–water partition coefficient (Wildman–Crippen LogP) is 1.88. The van der Waals surface area contributed by atoms with Gasteiger partial charge in [0.15, 0.2) is 11.6 Å². The molecule has 2 rings (SSSR count). The Balaban J connectivity index is 2.60. The molecule has 1 aromatic heterocycles. The third kappa shape index (κ3) is 1.47. The Morgan fingerprint density at radius 1 is 1.57 bits per heavy atom. The lowest BCUT2D eigenvalue weighted by atomic mass is 10.0. The number of aromatic nitrogens is 1. The van der Waals surface area contributed by atoms with E-state index in [1.54, 1.807) is 12.2 Å². The number of H-pyrrole nitrogens is 1. The van der Waals surface area contributed by atoms with Crippen LogP contribution >= 0.6 is 0 Å². The van der Waals surface area contributed by atoms with Crippen LogP contribution in [0.1, 0.15) is 19.6 Å². The second-order valence-electron chi connectivity index (χ2n) is 3.41. The number of nitrogens with one attached hydrogen (secondary N) is 1. The molecule has 0 fully saturated rings. The molecular formula is C10H10N2O2. The Kier molecular flexibility index (Phi) is 1.98. The summed E-state index contributed by atoms with van der Waals surface area (Å²) in [6.07, 6.45) is 3.60. The van der Waals surface area contributed by atoms with Gasteiger partial charge in [0.05, 0.1) is 0 Å². The average Bonchev–Trinajstić information content (AvgIpc) is 2.32. The van der Waals surface area contributed by atoms with Gasteiger partial charge in [0.1, 0.15) is 0 Å². The summed E-state index contributed by atoms with van der Waals surface area (Å²) in [5.74, 6) is 3.52. The van der Waals surface area contributed by atoms with E-state index in [4.69, 9.17) is 4.42 Å². The largest absolute Gasteiger partial charge is 0.418 e. The Morgan fingerprint density at radius 2 is 2.36 bits per heavy atom. The Morgan fingerprint density at radius 3 is 3.07 bits per heavy atom. The monoisotopic (exact) mass is 190 g/mol. The zero-order valence-corrected chi connectivity index (χ0v) is 8.00. The van der Waals surface area contributed by atoms with Crippen molar-refractivity contribution in [2.75, 3.05) is 0 Å². The molecule has 0 saturated carbocycles. The van der Waals surface area contributed by atoms with E-state index in [2.05, 4.69) is 29.7 Å². The number of aromatic amines is 1. The Bertz CT molecular complexity index is 496. The number of nitrogens with zero attached hydrogens (tertiary/aromatic N) is 1. The van der Waals surface area contributed by atoms with Crippen molar-refractivity contribution in [3.05, 3.63) is 28.0 Å². The zero-order chi connectivity index (χ0) is 10.1. The maximum atomic E-state index is 10.9. The molecule has 1 aliphatic heterocycles. The minimum Gasteiger partial charge on any atom is -0.406 e. The third-order valence-corrected chi connectivity index (χ3v) is 2.03. The molecule has 0 spiro atoms. The van der Waals surface area contributed by atoms with Gasteiger partial charge in [-0.3, -0.25) is 4.98 Å². The van der Waals surface area contributed by atoms with Gasteiger partial charge in [-0.1, -0.05) is 13.8 Å². The van der Waals surface area contributed by atoms with Gasteiger partial charge in [-0.2, -0.15) is 4.99 Å². The quantitative estimate of drug-likeness (QED) is 0.734. The molecule has 1 aromatic rings. The van der Waals surface area contributed by atoms with Crippen molar-refractivity contribution in [2.24, 2.45) is 10.9 Å². The summed E-state index contributed by atoms with van der Waals surface area (Å²) >= 11 is 0. The topological polar surface area (TPSA) is 58.4 Å². The van der Waals surface area contributed by atoms with Gasteiger partial charge in [0.2, 0.25) is 0 Å². The van der Waals surface area contributed by atoms with E-state index in [1.807, 2.05) is 0 Å². The van der Waals surface area contributed by atoms with Crippen molar-refractivity contribution in [2.45, 2.75) is 13.8 Å². The van der Waals surface area contributed by atoms with E-state index in [1.165, 1.54) is 0 Å². The number of allylic oxidation sites excluding steroid dienone is 2. The van der Waals surface area contributed by atoms with E-state index in [0.717, 1.165) is 5.57 Å². The maximum Gasteiger partial charge on any atom is 0.418 e. The molecule has 0 amide bonds. The Hall–Kier alpha value is -1.80. The van der Waals surface area contributed by atoms with Crippen LogP contribution in [0.3, 0.4) is 0 Å². The first kappa shape index (κ1) is 8.78. The number of rotatable bonds is 1. The summed E-state index contributed by atoms with van der Waals surface area (Å²) in [5, 5.41) is 0. The highest BCUT2D eigenvalue weighted by Crippen LogP contribution is 2.22. The second-order valence-corrected chi connectivity index (χ2v) is 3.41. The first-order valence-electron chi connectivity index (χ1n) is 4.41. The van der Waals surface area contributed by atoms with Gasteiger partial charge in [-0.25, -0.2) is 4.79 Å². The van der Waals surface area contributed by atoms with Crippen LogP contribution in [0, 0.1) is 5.92 Å². The van der Waals surface area contributed by atoms with Crippen LogP contribution in [-0.2, 0) is 0 Å². The van der Waals surface area contributed by atoms with Crippen LogP contribution in [0.5, 0.6) is 0 Å². The number of fused-ring (bicyclic) bond motifs is 1. The molecular weight excluding hydrogens is 180 g/mol. The molecule has 2 heterocycles. The number of oxazole rings is 1. The molecule has 4 nitrogen and oxygen atoms in total. The molecule has 1 aliphatic rings. The standard InChI is InChI=1S/C10H10N2O2/c1-6(2)7-3-4-11-9-8(5-7)14-10(13)12-9/h3,5-6H,1-2H3,(H,12,13). The van der Waals surface area contributed by atoms with Crippen molar-refractivity contribution in [3.63, 3.8) is 0 Å². The van der Waals surface area contributed by atoms with Gasteiger partial charge in [-0.05, 0) is 23.4 Å². The van der Waals surface area contributed by atoms with E-state index in [0.29, 0.717) is 17.5 Å².